The van der Waals surface area contributed by atoms with Gasteiger partial charge >= 0.3 is 5.97 Å². The molecule has 1 aromatic carbocycles. The number of benzene rings is 1. The van der Waals surface area contributed by atoms with Crippen molar-refractivity contribution in [1.29, 1.82) is 0 Å². The van der Waals surface area contributed by atoms with Crippen LogP contribution in [0.15, 0.2) is 42.5 Å². The van der Waals surface area contributed by atoms with E-state index in [1.165, 1.54) is 12.1 Å². The number of nitrogens with zero attached hydrogens (tertiary/aromatic N) is 1. The van der Waals surface area contributed by atoms with E-state index in [4.69, 9.17) is 9.84 Å². The van der Waals surface area contributed by atoms with Crippen LogP contribution in [0.25, 0.3) is 11.3 Å². The number of carbonyl (C=O) groups is 1. The maximum Gasteiger partial charge on any atom is 0.329 e. The fourth-order valence-electron chi connectivity index (χ4n) is 1.58. The molecule has 1 aromatic heterocycles. The van der Waals surface area contributed by atoms with Gasteiger partial charge in [-0.1, -0.05) is 6.07 Å². The third-order valence-corrected chi connectivity index (χ3v) is 2.42. The third kappa shape index (κ3) is 3.86. The Morgan fingerprint density at radius 2 is 1.95 bits per heavy atom. The van der Waals surface area contributed by atoms with E-state index < -0.39 is 5.97 Å². The largest absolute Gasteiger partial charge is 0.480 e. The van der Waals surface area contributed by atoms with Crippen molar-refractivity contribution in [3.05, 3.63) is 54.0 Å². The molecule has 5 heteroatoms. The van der Waals surface area contributed by atoms with E-state index in [9.17, 15) is 9.18 Å². The summed E-state index contributed by atoms with van der Waals surface area (Å²) in [6.45, 7) is -0.232. The Kier molecular flexibility index (Phi) is 4.20. The average molecular weight is 261 g/mol. The zero-order chi connectivity index (χ0) is 13.7. The minimum atomic E-state index is -1.02. The van der Waals surface area contributed by atoms with Crippen LogP contribution in [0.2, 0.25) is 0 Å². The standard InChI is InChI=1S/C14H12FNO3/c15-11-6-4-10(5-7-11)13-3-1-2-12(16-13)8-19-9-14(17)18/h1-7H,8-9H2,(H,17,18). The van der Waals surface area contributed by atoms with Crippen molar-refractivity contribution < 1.29 is 19.0 Å². The molecule has 0 bridgehead atoms. The monoisotopic (exact) mass is 261 g/mol. The molecule has 2 rings (SSSR count). The van der Waals surface area contributed by atoms with Crippen LogP contribution >= 0.6 is 0 Å². The molecule has 0 aliphatic carbocycles. The lowest BCUT2D eigenvalue weighted by molar-refractivity contribution is -0.142. The van der Waals surface area contributed by atoms with Gasteiger partial charge in [-0.05, 0) is 36.4 Å². The van der Waals surface area contributed by atoms with Gasteiger partial charge in [0.2, 0.25) is 0 Å². The van der Waals surface area contributed by atoms with E-state index in [-0.39, 0.29) is 19.0 Å². The summed E-state index contributed by atoms with van der Waals surface area (Å²) in [6.07, 6.45) is 0. The summed E-state index contributed by atoms with van der Waals surface area (Å²) in [7, 11) is 0. The van der Waals surface area contributed by atoms with Gasteiger partial charge in [0, 0.05) is 5.56 Å². The lowest BCUT2D eigenvalue weighted by atomic mass is 10.1. The first kappa shape index (κ1) is 13.2. The van der Waals surface area contributed by atoms with Gasteiger partial charge in [-0.2, -0.15) is 0 Å². The number of rotatable bonds is 5. The SMILES string of the molecule is O=C(O)COCc1cccc(-c2ccc(F)cc2)n1. The minimum Gasteiger partial charge on any atom is -0.480 e. The molecule has 0 saturated carbocycles. The van der Waals surface area contributed by atoms with Gasteiger partial charge in [0.15, 0.2) is 0 Å². The van der Waals surface area contributed by atoms with Gasteiger partial charge in [0.25, 0.3) is 0 Å². The molecule has 1 heterocycles. The molecule has 0 aliphatic heterocycles. The Hall–Kier alpha value is -2.27. The van der Waals surface area contributed by atoms with Crippen LogP contribution in [0.3, 0.4) is 0 Å². The number of halogens is 1. The molecule has 0 aliphatic rings. The van der Waals surface area contributed by atoms with Crippen molar-refractivity contribution in [3.8, 4) is 11.3 Å². The second kappa shape index (κ2) is 6.06. The number of carboxylic acids is 1. The number of hydrogen-bond donors (Lipinski definition) is 1. The molecule has 0 spiro atoms. The molecule has 2 aromatic rings. The summed E-state index contributed by atoms with van der Waals surface area (Å²) in [6, 6.07) is 11.3. The molecule has 1 N–H and O–H groups in total. The van der Waals surface area contributed by atoms with Crippen LogP contribution in [0.1, 0.15) is 5.69 Å². The summed E-state index contributed by atoms with van der Waals surface area (Å²) in [5.74, 6) is -1.32. The highest BCUT2D eigenvalue weighted by Crippen LogP contribution is 2.17. The van der Waals surface area contributed by atoms with Crippen molar-refractivity contribution in [2.45, 2.75) is 6.61 Å². The highest BCUT2D eigenvalue weighted by Gasteiger charge is 2.03. The molecule has 0 unspecified atom stereocenters. The van der Waals surface area contributed by atoms with Crippen LogP contribution in [-0.2, 0) is 16.1 Å². The predicted octanol–water partition coefficient (Wildman–Crippen LogP) is 2.49. The first-order chi connectivity index (χ1) is 9.15. The van der Waals surface area contributed by atoms with Crippen LogP contribution in [0.5, 0.6) is 0 Å². The molecule has 0 saturated heterocycles. The first-order valence-electron chi connectivity index (χ1n) is 5.66. The van der Waals surface area contributed by atoms with Crippen molar-refractivity contribution in [3.63, 3.8) is 0 Å². The van der Waals surface area contributed by atoms with E-state index in [0.29, 0.717) is 11.4 Å². The van der Waals surface area contributed by atoms with Crippen LogP contribution in [-0.4, -0.2) is 22.7 Å². The van der Waals surface area contributed by atoms with Gasteiger partial charge in [0.05, 0.1) is 18.0 Å². The normalized spacial score (nSPS) is 10.4. The fourth-order valence-corrected chi connectivity index (χ4v) is 1.58. The van der Waals surface area contributed by atoms with Gasteiger partial charge < -0.3 is 9.84 Å². The topological polar surface area (TPSA) is 59.4 Å². The summed E-state index contributed by atoms with van der Waals surface area (Å²) >= 11 is 0. The lowest BCUT2D eigenvalue weighted by Crippen LogP contribution is -2.07. The minimum absolute atomic E-state index is 0.126. The number of pyridine rings is 1. The molecule has 0 fully saturated rings. The molecule has 19 heavy (non-hydrogen) atoms. The Balaban J connectivity index is 2.10. The smallest absolute Gasteiger partial charge is 0.329 e. The number of ether oxygens (including phenoxy) is 1. The summed E-state index contributed by atoms with van der Waals surface area (Å²) in [4.78, 5) is 14.7. The van der Waals surface area contributed by atoms with E-state index in [0.717, 1.165) is 5.56 Å². The van der Waals surface area contributed by atoms with E-state index in [1.807, 2.05) is 0 Å². The highest BCUT2D eigenvalue weighted by atomic mass is 19.1. The maximum atomic E-state index is 12.8. The van der Waals surface area contributed by atoms with Crippen molar-refractivity contribution in [1.82, 2.24) is 4.98 Å². The third-order valence-electron chi connectivity index (χ3n) is 2.42. The van der Waals surface area contributed by atoms with Gasteiger partial charge in [-0.15, -0.1) is 0 Å². The second-order valence-corrected chi connectivity index (χ2v) is 3.91. The molecule has 0 radical (unpaired) electrons. The van der Waals surface area contributed by atoms with E-state index >= 15 is 0 Å². The predicted molar refractivity (Wildman–Crippen MR) is 66.9 cm³/mol. The summed E-state index contributed by atoms with van der Waals surface area (Å²) in [5, 5.41) is 8.47. The van der Waals surface area contributed by atoms with Gasteiger partial charge in [0.1, 0.15) is 12.4 Å². The van der Waals surface area contributed by atoms with Crippen molar-refractivity contribution in [2.24, 2.45) is 0 Å². The molecule has 0 atom stereocenters. The van der Waals surface area contributed by atoms with Crippen molar-refractivity contribution >= 4 is 5.97 Å². The Morgan fingerprint density at radius 3 is 2.63 bits per heavy atom. The molecule has 98 valence electrons. The number of aromatic nitrogens is 1. The number of aliphatic carboxylic acids is 1. The Bertz CT molecular complexity index is 569. The van der Waals surface area contributed by atoms with E-state index in [2.05, 4.69) is 4.98 Å². The zero-order valence-corrected chi connectivity index (χ0v) is 10.0. The average Bonchev–Trinajstić information content (AvgIpc) is 2.39. The Morgan fingerprint density at radius 1 is 1.21 bits per heavy atom. The van der Waals surface area contributed by atoms with Crippen LogP contribution < -0.4 is 0 Å². The van der Waals surface area contributed by atoms with E-state index in [1.54, 1.807) is 30.3 Å². The molecule has 4 nitrogen and oxygen atoms in total. The number of carboxylic acid groups (broad SMARTS) is 1. The summed E-state index contributed by atoms with van der Waals surface area (Å²) < 4.78 is 17.8. The van der Waals surface area contributed by atoms with Crippen molar-refractivity contribution in [2.75, 3.05) is 6.61 Å². The first-order valence-corrected chi connectivity index (χ1v) is 5.66. The van der Waals surface area contributed by atoms with Crippen LogP contribution in [0.4, 0.5) is 4.39 Å². The summed E-state index contributed by atoms with van der Waals surface area (Å²) in [5.41, 5.74) is 2.11. The zero-order valence-electron chi connectivity index (χ0n) is 10.0. The fraction of sp³-hybridized carbons (Fsp3) is 0.143. The quantitative estimate of drug-likeness (QED) is 0.898. The maximum absolute atomic E-state index is 12.8. The molecule has 0 amide bonds. The Labute approximate surface area is 109 Å². The lowest BCUT2D eigenvalue weighted by Gasteiger charge is -2.05. The number of hydrogen-bond acceptors (Lipinski definition) is 3. The highest BCUT2D eigenvalue weighted by molar-refractivity contribution is 5.68. The molecular weight excluding hydrogens is 249 g/mol. The van der Waals surface area contributed by atoms with Crippen LogP contribution in [0, 0.1) is 5.82 Å². The molecular formula is C14H12FNO3. The van der Waals surface area contributed by atoms with Gasteiger partial charge in [-0.25, -0.2) is 9.18 Å². The second-order valence-electron chi connectivity index (χ2n) is 3.91. The van der Waals surface area contributed by atoms with Gasteiger partial charge in [-0.3, -0.25) is 4.98 Å².